The number of piperidine rings is 1. The van der Waals surface area contributed by atoms with E-state index in [-0.39, 0.29) is 12.0 Å². The van der Waals surface area contributed by atoms with Crippen LogP contribution in [-0.4, -0.2) is 50.4 Å². The molecule has 7 heteroatoms. The molecule has 3 aliphatic rings. The molecule has 1 aromatic carbocycles. The van der Waals surface area contributed by atoms with Crippen molar-refractivity contribution in [1.29, 1.82) is 0 Å². The maximum Gasteiger partial charge on any atom is 0.165 e. The number of rotatable bonds is 8. The number of nitrogens with one attached hydrogen (secondary N) is 1. The molecule has 1 saturated heterocycles. The highest BCUT2D eigenvalue weighted by atomic mass is 35.5. The van der Waals surface area contributed by atoms with Crippen LogP contribution in [-0.2, 0) is 16.2 Å². The fourth-order valence-electron chi connectivity index (χ4n) is 4.53. The van der Waals surface area contributed by atoms with Crippen molar-refractivity contribution in [3.63, 3.8) is 0 Å². The average Bonchev–Trinajstić information content (AvgIpc) is 3.18. The molecule has 2 atom stereocenters. The lowest BCUT2D eigenvalue weighted by Gasteiger charge is -2.28. The van der Waals surface area contributed by atoms with Gasteiger partial charge in [-0.2, -0.15) is 0 Å². The first kappa shape index (κ1) is 22.7. The highest BCUT2D eigenvalue weighted by Crippen LogP contribution is 2.35. The topological polar surface area (TPSA) is 46.1 Å². The SMILES string of the molecule is CN(C)CC1=C(OCc2ccc(Cl)c(Cl)c2)C=CC2C(CCC3CCNCC3)=NOC12. The molecular formula is C24H31Cl2N3O2. The summed E-state index contributed by atoms with van der Waals surface area (Å²) in [5, 5.41) is 9.03. The highest BCUT2D eigenvalue weighted by molar-refractivity contribution is 6.42. The molecule has 1 aromatic rings. The molecule has 0 radical (unpaired) electrons. The van der Waals surface area contributed by atoms with E-state index in [0.29, 0.717) is 16.7 Å². The summed E-state index contributed by atoms with van der Waals surface area (Å²) in [6.45, 7) is 3.46. The Kier molecular flexibility index (Phi) is 7.59. The minimum Gasteiger partial charge on any atom is -0.489 e. The first-order chi connectivity index (χ1) is 15.0. The molecule has 1 fully saturated rings. The van der Waals surface area contributed by atoms with Gasteiger partial charge >= 0.3 is 0 Å². The van der Waals surface area contributed by atoms with Crippen molar-refractivity contribution >= 4 is 28.9 Å². The zero-order valence-electron chi connectivity index (χ0n) is 18.2. The van der Waals surface area contributed by atoms with Gasteiger partial charge in [0, 0.05) is 12.1 Å². The maximum absolute atomic E-state index is 6.20. The van der Waals surface area contributed by atoms with Gasteiger partial charge in [-0.15, -0.1) is 0 Å². The fraction of sp³-hybridized carbons (Fsp3) is 0.542. The van der Waals surface area contributed by atoms with E-state index >= 15 is 0 Å². The Bertz CT molecular complexity index is 876. The lowest BCUT2D eigenvalue weighted by atomic mass is 9.83. The standard InChI is InChI=1S/C24H31Cl2N3O2/c1-29(2)14-19-23(30-15-17-3-6-20(25)21(26)13-17)8-5-18-22(28-31-24(18)19)7-4-16-9-11-27-12-10-16/h3,5-6,8,13,16,18,24,27H,4,7,9-12,14-15H2,1-2H3. The minimum atomic E-state index is -0.0840. The van der Waals surface area contributed by atoms with Crippen molar-refractivity contribution in [3.05, 3.63) is 57.3 Å². The van der Waals surface area contributed by atoms with Crippen LogP contribution in [0.4, 0.5) is 0 Å². The van der Waals surface area contributed by atoms with Crippen LogP contribution in [0.3, 0.4) is 0 Å². The molecule has 1 N–H and O–H groups in total. The third kappa shape index (κ3) is 5.64. The van der Waals surface area contributed by atoms with Crippen LogP contribution < -0.4 is 5.32 Å². The number of hydrogen-bond acceptors (Lipinski definition) is 5. The van der Waals surface area contributed by atoms with Gasteiger partial charge in [-0.05, 0) is 82.6 Å². The monoisotopic (exact) mass is 463 g/mol. The predicted molar refractivity (Wildman–Crippen MR) is 127 cm³/mol. The zero-order chi connectivity index (χ0) is 21.8. The van der Waals surface area contributed by atoms with Gasteiger partial charge in [-0.25, -0.2) is 0 Å². The summed E-state index contributed by atoms with van der Waals surface area (Å²) >= 11 is 12.2. The first-order valence-corrected chi connectivity index (χ1v) is 11.8. The van der Waals surface area contributed by atoms with Gasteiger partial charge in [0.1, 0.15) is 12.4 Å². The zero-order valence-corrected chi connectivity index (χ0v) is 19.8. The summed E-state index contributed by atoms with van der Waals surface area (Å²) < 4.78 is 6.20. The molecule has 5 nitrogen and oxygen atoms in total. The van der Waals surface area contributed by atoms with Gasteiger partial charge in [-0.1, -0.05) is 40.5 Å². The van der Waals surface area contributed by atoms with Crippen LogP contribution in [0.2, 0.25) is 10.0 Å². The molecule has 31 heavy (non-hydrogen) atoms. The van der Waals surface area contributed by atoms with Crippen LogP contribution in [0.25, 0.3) is 0 Å². The lowest BCUT2D eigenvalue weighted by Crippen LogP contribution is -2.33. The van der Waals surface area contributed by atoms with Crippen LogP contribution in [0.15, 0.2) is 46.8 Å². The van der Waals surface area contributed by atoms with E-state index in [1.807, 2.05) is 12.1 Å². The number of likely N-dealkylation sites (N-methyl/N-ethyl adjacent to an activating group) is 1. The minimum absolute atomic E-state index is 0.0840. The molecule has 1 aliphatic carbocycles. The van der Waals surface area contributed by atoms with E-state index in [1.165, 1.54) is 25.0 Å². The second-order valence-electron chi connectivity index (χ2n) is 8.89. The van der Waals surface area contributed by atoms with Gasteiger partial charge in [0.15, 0.2) is 6.10 Å². The number of benzene rings is 1. The number of oxime groups is 1. The highest BCUT2D eigenvalue weighted by Gasteiger charge is 2.39. The fourth-order valence-corrected chi connectivity index (χ4v) is 4.85. The molecule has 4 rings (SSSR count). The number of fused-ring (bicyclic) bond motifs is 1. The first-order valence-electron chi connectivity index (χ1n) is 11.1. The van der Waals surface area contributed by atoms with Crippen molar-refractivity contribution in [2.75, 3.05) is 33.7 Å². The summed E-state index contributed by atoms with van der Waals surface area (Å²) in [6, 6.07) is 5.58. The van der Waals surface area contributed by atoms with Gasteiger partial charge in [0.25, 0.3) is 0 Å². The molecule has 0 spiro atoms. The quantitative estimate of drug-likeness (QED) is 0.585. The average molecular weight is 464 g/mol. The molecular weight excluding hydrogens is 433 g/mol. The summed E-state index contributed by atoms with van der Waals surface area (Å²) in [4.78, 5) is 8.10. The molecule has 0 aromatic heterocycles. The van der Waals surface area contributed by atoms with E-state index in [9.17, 15) is 0 Å². The summed E-state index contributed by atoms with van der Waals surface area (Å²) in [7, 11) is 4.12. The van der Waals surface area contributed by atoms with Crippen molar-refractivity contribution < 1.29 is 9.57 Å². The van der Waals surface area contributed by atoms with E-state index < -0.39 is 0 Å². The second kappa shape index (κ2) is 10.4. The lowest BCUT2D eigenvalue weighted by molar-refractivity contribution is 0.0823. The van der Waals surface area contributed by atoms with E-state index in [2.05, 4.69) is 41.6 Å². The smallest absolute Gasteiger partial charge is 0.165 e. The number of allylic oxidation sites excluding steroid dienone is 1. The number of nitrogens with zero attached hydrogens (tertiary/aromatic N) is 2. The third-order valence-electron chi connectivity index (χ3n) is 6.24. The molecule has 0 bridgehead atoms. The Morgan fingerprint density at radius 1 is 1.19 bits per heavy atom. The Hall–Kier alpha value is -1.53. The number of ether oxygens (including phenoxy) is 1. The maximum atomic E-state index is 6.20. The van der Waals surface area contributed by atoms with E-state index in [4.69, 9.17) is 32.8 Å². The molecule has 2 unspecified atom stereocenters. The third-order valence-corrected chi connectivity index (χ3v) is 6.98. The van der Waals surface area contributed by atoms with E-state index in [0.717, 1.165) is 48.9 Å². The van der Waals surface area contributed by atoms with Gasteiger partial charge in [-0.3, -0.25) is 0 Å². The van der Waals surface area contributed by atoms with Crippen LogP contribution in [0.5, 0.6) is 0 Å². The number of hydrogen-bond donors (Lipinski definition) is 1. The largest absolute Gasteiger partial charge is 0.489 e. The van der Waals surface area contributed by atoms with Crippen LogP contribution in [0, 0.1) is 11.8 Å². The Balaban J connectivity index is 1.42. The summed E-state index contributed by atoms with van der Waals surface area (Å²) in [5.74, 6) is 1.85. The van der Waals surface area contributed by atoms with Gasteiger partial charge in [0.05, 0.1) is 21.7 Å². The van der Waals surface area contributed by atoms with Crippen LogP contribution >= 0.6 is 23.2 Å². The van der Waals surface area contributed by atoms with Gasteiger partial charge < -0.3 is 19.8 Å². The van der Waals surface area contributed by atoms with Crippen molar-refractivity contribution in [2.45, 2.75) is 38.4 Å². The summed E-state index contributed by atoms with van der Waals surface area (Å²) in [6.07, 6.45) is 8.92. The van der Waals surface area contributed by atoms with Gasteiger partial charge in [0.2, 0.25) is 0 Å². The normalized spacial score (nSPS) is 23.7. The Morgan fingerprint density at radius 2 is 2.00 bits per heavy atom. The second-order valence-corrected chi connectivity index (χ2v) is 9.70. The molecule has 0 amide bonds. The predicted octanol–water partition coefficient (Wildman–Crippen LogP) is 5.05. The van der Waals surface area contributed by atoms with E-state index in [1.54, 1.807) is 6.07 Å². The molecule has 0 saturated carbocycles. The van der Waals surface area contributed by atoms with Crippen LogP contribution in [0.1, 0.15) is 31.2 Å². The Labute approximate surface area is 195 Å². The molecule has 2 aliphatic heterocycles. The van der Waals surface area contributed by atoms with Crippen molar-refractivity contribution in [2.24, 2.45) is 17.0 Å². The number of halogens is 2. The van der Waals surface area contributed by atoms with Crippen molar-refractivity contribution in [3.8, 4) is 0 Å². The van der Waals surface area contributed by atoms with Crippen molar-refractivity contribution in [1.82, 2.24) is 10.2 Å². The molecule has 2 heterocycles. The Morgan fingerprint density at radius 3 is 2.74 bits per heavy atom. The molecule has 168 valence electrons. The summed E-state index contributed by atoms with van der Waals surface area (Å²) in [5.41, 5.74) is 3.28.